The Morgan fingerprint density at radius 2 is 2.27 bits per heavy atom. The van der Waals surface area contributed by atoms with E-state index in [9.17, 15) is 8.42 Å². The van der Waals surface area contributed by atoms with E-state index < -0.39 is 10.0 Å². The summed E-state index contributed by atoms with van der Waals surface area (Å²) in [5.74, 6) is 0.136. The fourth-order valence-corrected chi connectivity index (χ4v) is 5.81. The number of thiophene rings is 1. The minimum Gasteiger partial charge on any atom is -0.379 e. The predicted octanol–water partition coefficient (Wildman–Crippen LogP) is 0.714. The summed E-state index contributed by atoms with van der Waals surface area (Å²) in [6.45, 7) is 2.89. The lowest BCUT2D eigenvalue weighted by Crippen LogP contribution is -2.37. The van der Waals surface area contributed by atoms with Crippen LogP contribution in [0.3, 0.4) is 0 Å². The average molecular weight is 346 g/mol. The minimum atomic E-state index is -3.44. The van der Waals surface area contributed by atoms with Crippen LogP contribution in [0.4, 0.5) is 0 Å². The Morgan fingerprint density at radius 1 is 1.45 bits per heavy atom. The van der Waals surface area contributed by atoms with E-state index >= 15 is 0 Å². The molecule has 22 heavy (non-hydrogen) atoms. The van der Waals surface area contributed by atoms with E-state index in [4.69, 9.17) is 9.47 Å². The molecular weight excluding hydrogens is 324 g/mol. The van der Waals surface area contributed by atoms with Gasteiger partial charge < -0.3 is 14.4 Å². The third-order valence-corrected chi connectivity index (χ3v) is 7.49. The minimum absolute atomic E-state index is 0.0813. The highest BCUT2D eigenvalue weighted by atomic mass is 32.2. The molecule has 3 atom stereocenters. The highest BCUT2D eigenvalue weighted by molar-refractivity contribution is 7.91. The molecule has 0 saturated carbocycles. The number of hydrogen-bond acceptors (Lipinski definition) is 6. The van der Waals surface area contributed by atoms with Crippen molar-refractivity contribution in [2.75, 3.05) is 47.0 Å². The molecule has 0 bridgehead atoms. The Kier molecular flexibility index (Phi) is 4.86. The normalized spacial score (nSPS) is 29.3. The van der Waals surface area contributed by atoms with Gasteiger partial charge in [0.2, 0.25) is 0 Å². The lowest BCUT2D eigenvalue weighted by molar-refractivity contribution is 0.0171. The number of sulfonamides is 1. The van der Waals surface area contributed by atoms with Crippen molar-refractivity contribution in [1.29, 1.82) is 0 Å². The summed E-state index contributed by atoms with van der Waals surface area (Å²) < 4.78 is 39.0. The summed E-state index contributed by atoms with van der Waals surface area (Å²) >= 11 is 1.26. The molecule has 0 aromatic carbocycles. The molecule has 3 heterocycles. The first-order valence-corrected chi connectivity index (χ1v) is 9.71. The first-order valence-electron chi connectivity index (χ1n) is 7.39. The van der Waals surface area contributed by atoms with Crippen molar-refractivity contribution in [3.63, 3.8) is 0 Å². The number of likely N-dealkylation sites (N-methyl/N-ethyl adjacent to an activating group) is 1. The highest BCUT2D eigenvalue weighted by Gasteiger charge is 2.50. The zero-order valence-corrected chi connectivity index (χ0v) is 14.5. The third kappa shape index (κ3) is 3.08. The van der Waals surface area contributed by atoms with Gasteiger partial charge in [-0.05, 0) is 25.5 Å². The van der Waals surface area contributed by atoms with E-state index in [1.165, 1.54) is 11.3 Å². The smallest absolute Gasteiger partial charge is 0.252 e. The van der Waals surface area contributed by atoms with Crippen LogP contribution in [0.1, 0.15) is 0 Å². The van der Waals surface area contributed by atoms with Gasteiger partial charge in [0.1, 0.15) is 4.21 Å². The van der Waals surface area contributed by atoms with E-state index in [0.717, 1.165) is 6.54 Å². The van der Waals surface area contributed by atoms with Crippen molar-refractivity contribution in [3.8, 4) is 0 Å². The molecule has 2 aliphatic rings. The molecule has 6 nitrogen and oxygen atoms in total. The van der Waals surface area contributed by atoms with Gasteiger partial charge in [-0.15, -0.1) is 11.3 Å². The Balaban J connectivity index is 1.73. The first-order chi connectivity index (χ1) is 10.5. The lowest BCUT2D eigenvalue weighted by Gasteiger charge is -2.20. The van der Waals surface area contributed by atoms with Gasteiger partial charge in [0.25, 0.3) is 10.0 Å². The van der Waals surface area contributed by atoms with Gasteiger partial charge >= 0.3 is 0 Å². The Labute approximate surface area is 135 Å². The van der Waals surface area contributed by atoms with Crippen molar-refractivity contribution in [2.45, 2.75) is 16.4 Å². The Bertz CT molecular complexity index is 588. The summed E-state index contributed by atoms with van der Waals surface area (Å²) in [6, 6.07) is 3.32. The Hall–Kier alpha value is -0.510. The molecule has 2 fully saturated rings. The number of ether oxygens (including phenoxy) is 2. The van der Waals surface area contributed by atoms with Gasteiger partial charge in [0.15, 0.2) is 0 Å². The summed E-state index contributed by atoms with van der Waals surface area (Å²) in [6.07, 6.45) is -0.0813. The summed E-state index contributed by atoms with van der Waals surface area (Å²) in [7, 11) is 0.544. The molecule has 0 spiro atoms. The van der Waals surface area contributed by atoms with Crippen LogP contribution in [0.25, 0.3) is 0 Å². The summed E-state index contributed by atoms with van der Waals surface area (Å²) in [5.41, 5.74) is 0. The first kappa shape index (κ1) is 16.4. The maximum Gasteiger partial charge on any atom is 0.252 e. The van der Waals surface area contributed by atoms with E-state index in [-0.39, 0.29) is 18.1 Å². The van der Waals surface area contributed by atoms with Crippen LogP contribution < -0.4 is 0 Å². The molecule has 1 aromatic rings. The summed E-state index contributed by atoms with van der Waals surface area (Å²) in [5, 5.41) is 1.79. The molecule has 2 saturated heterocycles. The number of fused-ring (bicyclic) bond motifs is 1. The zero-order valence-electron chi connectivity index (χ0n) is 12.8. The number of rotatable bonds is 6. The second-order valence-corrected chi connectivity index (χ2v) is 9.05. The van der Waals surface area contributed by atoms with Crippen LogP contribution in [0.15, 0.2) is 21.7 Å². The van der Waals surface area contributed by atoms with Crippen LogP contribution >= 0.6 is 11.3 Å². The molecule has 0 aliphatic carbocycles. The maximum atomic E-state index is 12.8. The Morgan fingerprint density at radius 3 is 2.95 bits per heavy atom. The van der Waals surface area contributed by atoms with Gasteiger partial charge in [0.05, 0.1) is 32.0 Å². The monoisotopic (exact) mass is 346 g/mol. The molecule has 8 heteroatoms. The van der Waals surface area contributed by atoms with E-state index in [2.05, 4.69) is 4.90 Å². The van der Waals surface area contributed by atoms with Crippen LogP contribution in [0.5, 0.6) is 0 Å². The topological polar surface area (TPSA) is 59.1 Å². The van der Waals surface area contributed by atoms with Crippen molar-refractivity contribution in [3.05, 3.63) is 17.5 Å². The van der Waals surface area contributed by atoms with Crippen LogP contribution in [0, 0.1) is 5.92 Å². The number of nitrogens with zero attached hydrogens (tertiary/aromatic N) is 2. The fraction of sp³-hybridized carbons (Fsp3) is 0.714. The maximum absolute atomic E-state index is 12.8. The molecular formula is C14H22N2O4S2. The zero-order chi connectivity index (χ0) is 15.7. The van der Waals surface area contributed by atoms with Crippen molar-refractivity contribution >= 4 is 21.4 Å². The quantitative estimate of drug-likeness (QED) is 0.759. The molecule has 0 amide bonds. The molecule has 1 aromatic heterocycles. The molecule has 0 unspecified atom stereocenters. The van der Waals surface area contributed by atoms with Crippen molar-refractivity contribution in [1.82, 2.24) is 9.21 Å². The van der Waals surface area contributed by atoms with Gasteiger partial charge in [-0.25, -0.2) is 8.42 Å². The number of hydrogen-bond donors (Lipinski definition) is 0. The summed E-state index contributed by atoms with van der Waals surface area (Å²) in [4.78, 5) is 2.05. The molecule has 0 radical (unpaired) electrons. The molecule has 124 valence electrons. The predicted molar refractivity (Wildman–Crippen MR) is 84.6 cm³/mol. The second-order valence-electron chi connectivity index (χ2n) is 5.99. The van der Waals surface area contributed by atoms with Gasteiger partial charge in [-0.3, -0.25) is 0 Å². The average Bonchev–Trinajstić information content (AvgIpc) is 3.16. The standard InChI is InChI=1S/C14H22N2O4S2/c1-15(2)5-6-20-13-8-16(12-10-19-9-11(12)13)22(17,18)14-4-3-7-21-14/h3-4,7,11-13H,5-6,8-10H2,1-2H3/t11-,12+,13+/m1/s1. The van der Waals surface area contributed by atoms with Crippen LogP contribution in [-0.4, -0.2) is 76.8 Å². The van der Waals surface area contributed by atoms with Crippen molar-refractivity contribution in [2.24, 2.45) is 5.92 Å². The molecule has 0 N–H and O–H groups in total. The second kappa shape index (κ2) is 6.54. The molecule has 2 aliphatic heterocycles. The fourth-order valence-electron chi connectivity index (χ4n) is 3.02. The molecule has 3 rings (SSSR count). The van der Waals surface area contributed by atoms with Gasteiger partial charge in [-0.1, -0.05) is 6.07 Å². The van der Waals surface area contributed by atoms with Crippen LogP contribution in [0.2, 0.25) is 0 Å². The third-order valence-electron chi connectivity index (χ3n) is 4.23. The SMILES string of the molecule is CN(C)CCO[C@H]1CN(S(=O)(=O)c2cccs2)[C@H]2COC[C@@H]12. The largest absolute Gasteiger partial charge is 0.379 e. The van der Waals surface area contributed by atoms with Crippen LogP contribution in [-0.2, 0) is 19.5 Å². The van der Waals surface area contributed by atoms with Crippen molar-refractivity contribution < 1.29 is 17.9 Å². The van der Waals surface area contributed by atoms with E-state index in [0.29, 0.717) is 30.6 Å². The van der Waals surface area contributed by atoms with E-state index in [1.807, 2.05) is 14.1 Å². The highest BCUT2D eigenvalue weighted by Crippen LogP contribution is 2.36. The lowest BCUT2D eigenvalue weighted by atomic mass is 10.0. The van der Waals surface area contributed by atoms with Gasteiger partial charge in [0, 0.05) is 19.0 Å². The van der Waals surface area contributed by atoms with E-state index in [1.54, 1.807) is 21.8 Å². The van der Waals surface area contributed by atoms with Gasteiger partial charge in [-0.2, -0.15) is 4.31 Å².